The van der Waals surface area contributed by atoms with E-state index < -0.39 is 18.0 Å². The first kappa shape index (κ1) is 21.1. The highest BCUT2D eigenvalue weighted by Gasteiger charge is 2.44. The van der Waals surface area contributed by atoms with Gasteiger partial charge in [-0.3, -0.25) is 4.79 Å². The maximum Gasteiger partial charge on any atom is 0.393 e. The zero-order valence-corrected chi connectivity index (χ0v) is 16.9. The molecule has 30 heavy (non-hydrogen) atoms. The van der Waals surface area contributed by atoms with Gasteiger partial charge in [0.2, 0.25) is 5.91 Å². The molecule has 0 unspecified atom stereocenters. The number of rotatable bonds is 4. The standard InChI is InChI=1S/C21H28F3N5O/c22-21(23,24)15-9-14(20(30)26-11-15)10-16-7-8-18-27-17(12-29(18)28-16)19(25)13-5-3-1-2-4-6-13/h7-8,12-15,19H,1-6,9-11,25H2,(H,26,30)/t14-,15-,19-/m0/s1. The van der Waals surface area contributed by atoms with E-state index in [4.69, 9.17) is 5.73 Å². The number of piperidine rings is 1. The van der Waals surface area contributed by atoms with Crippen molar-refractivity contribution in [1.29, 1.82) is 0 Å². The topological polar surface area (TPSA) is 85.3 Å². The van der Waals surface area contributed by atoms with Crippen LogP contribution in [0.1, 0.15) is 62.4 Å². The minimum atomic E-state index is -4.31. The fraction of sp³-hybridized carbons (Fsp3) is 0.667. The lowest BCUT2D eigenvalue weighted by Gasteiger charge is -2.30. The van der Waals surface area contributed by atoms with Crippen molar-refractivity contribution in [1.82, 2.24) is 19.9 Å². The van der Waals surface area contributed by atoms with Gasteiger partial charge in [-0.2, -0.15) is 18.3 Å². The highest BCUT2D eigenvalue weighted by Crippen LogP contribution is 2.34. The van der Waals surface area contributed by atoms with E-state index in [1.165, 1.54) is 25.7 Å². The number of carbonyl (C=O) groups excluding carboxylic acids is 1. The zero-order chi connectivity index (χ0) is 21.3. The second-order valence-electron chi connectivity index (χ2n) is 8.69. The van der Waals surface area contributed by atoms with Gasteiger partial charge in [0.1, 0.15) is 0 Å². The number of halogens is 3. The Labute approximate surface area is 173 Å². The molecular weight excluding hydrogens is 395 g/mol. The van der Waals surface area contributed by atoms with Crippen LogP contribution in [0.3, 0.4) is 0 Å². The lowest BCUT2D eigenvalue weighted by atomic mass is 9.86. The van der Waals surface area contributed by atoms with Crippen LogP contribution in [0.15, 0.2) is 18.3 Å². The number of amides is 1. The summed E-state index contributed by atoms with van der Waals surface area (Å²) in [5.74, 6) is -2.20. The summed E-state index contributed by atoms with van der Waals surface area (Å²) in [6, 6.07) is 3.37. The average molecular weight is 423 g/mol. The molecule has 2 fully saturated rings. The average Bonchev–Trinajstić information content (AvgIpc) is 2.93. The molecule has 2 aliphatic rings. The molecule has 0 radical (unpaired) electrons. The van der Waals surface area contributed by atoms with E-state index >= 15 is 0 Å². The van der Waals surface area contributed by atoms with Gasteiger partial charge in [0.25, 0.3) is 0 Å². The minimum absolute atomic E-state index is 0.148. The maximum absolute atomic E-state index is 13.1. The van der Waals surface area contributed by atoms with Crippen LogP contribution in [0.4, 0.5) is 13.2 Å². The Morgan fingerprint density at radius 2 is 1.93 bits per heavy atom. The molecule has 164 valence electrons. The number of alkyl halides is 3. The number of fused-ring (bicyclic) bond motifs is 1. The van der Waals surface area contributed by atoms with Crippen molar-refractivity contribution in [3.05, 3.63) is 29.7 Å². The summed E-state index contributed by atoms with van der Waals surface area (Å²) in [6.07, 6.45) is 4.55. The van der Waals surface area contributed by atoms with Crippen molar-refractivity contribution in [2.75, 3.05) is 6.54 Å². The van der Waals surface area contributed by atoms with E-state index in [1.807, 2.05) is 6.20 Å². The number of nitrogens with zero attached hydrogens (tertiary/aromatic N) is 3. The molecule has 0 aromatic carbocycles. The van der Waals surface area contributed by atoms with Gasteiger partial charge in [0.05, 0.1) is 29.5 Å². The Balaban J connectivity index is 1.49. The van der Waals surface area contributed by atoms with Crippen LogP contribution in [-0.2, 0) is 11.2 Å². The van der Waals surface area contributed by atoms with Gasteiger partial charge < -0.3 is 11.1 Å². The van der Waals surface area contributed by atoms with Crippen molar-refractivity contribution in [3.8, 4) is 0 Å². The van der Waals surface area contributed by atoms with Crippen LogP contribution in [0, 0.1) is 17.8 Å². The SMILES string of the molecule is N[C@H](c1cn2nc(C[C@@H]3C[C@H](C(F)(F)F)CNC3=O)ccc2n1)C1CCCCCC1. The summed E-state index contributed by atoms with van der Waals surface area (Å²) in [5.41, 5.74) is 8.51. The number of nitrogens with two attached hydrogens (primary N) is 1. The summed E-state index contributed by atoms with van der Waals surface area (Å²) in [4.78, 5) is 16.7. The second kappa shape index (κ2) is 8.53. The van der Waals surface area contributed by atoms with Crippen molar-refractivity contribution >= 4 is 11.6 Å². The van der Waals surface area contributed by atoms with Gasteiger partial charge in [-0.1, -0.05) is 25.7 Å². The summed E-state index contributed by atoms with van der Waals surface area (Å²) in [7, 11) is 0. The van der Waals surface area contributed by atoms with Crippen molar-refractivity contribution in [2.45, 2.75) is 63.6 Å². The normalized spacial score (nSPS) is 25.1. The lowest BCUT2D eigenvalue weighted by Crippen LogP contribution is -2.47. The van der Waals surface area contributed by atoms with Crippen LogP contribution in [0.25, 0.3) is 5.65 Å². The highest BCUT2D eigenvalue weighted by molar-refractivity contribution is 5.79. The number of aromatic nitrogens is 3. The summed E-state index contributed by atoms with van der Waals surface area (Å²) in [5, 5.41) is 6.88. The number of imidazole rings is 1. The van der Waals surface area contributed by atoms with Gasteiger partial charge in [-0.15, -0.1) is 0 Å². The van der Waals surface area contributed by atoms with Gasteiger partial charge in [-0.05, 0) is 37.3 Å². The van der Waals surface area contributed by atoms with Gasteiger partial charge >= 0.3 is 6.18 Å². The van der Waals surface area contributed by atoms with Gasteiger partial charge in [0.15, 0.2) is 5.65 Å². The van der Waals surface area contributed by atoms with Crippen LogP contribution in [0.5, 0.6) is 0 Å². The third-order valence-electron chi connectivity index (χ3n) is 6.52. The smallest absolute Gasteiger partial charge is 0.355 e. The minimum Gasteiger partial charge on any atom is -0.355 e. The molecule has 1 amide bonds. The maximum atomic E-state index is 13.1. The molecule has 0 bridgehead atoms. The molecule has 1 saturated heterocycles. The van der Waals surface area contributed by atoms with Crippen LogP contribution in [-0.4, -0.2) is 33.2 Å². The van der Waals surface area contributed by atoms with Crippen molar-refractivity contribution in [2.24, 2.45) is 23.5 Å². The number of hydrogen-bond donors (Lipinski definition) is 2. The highest BCUT2D eigenvalue weighted by atomic mass is 19.4. The first-order valence-electron chi connectivity index (χ1n) is 10.8. The quantitative estimate of drug-likeness (QED) is 0.737. The number of carbonyl (C=O) groups is 1. The van der Waals surface area contributed by atoms with Crippen LogP contribution in [0.2, 0.25) is 0 Å². The molecule has 3 heterocycles. The Kier molecular flexibility index (Phi) is 5.99. The Bertz CT molecular complexity index is 888. The molecule has 2 aromatic heterocycles. The molecule has 1 saturated carbocycles. The molecule has 3 atom stereocenters. The van der Waals surface area contributed by atoms with Crippen LogP contribution >= 0.6 is 0 Å². The Morgan fingerprint density at radius 3 is 2.63 bits per heavy atom. The van der Waals surface area contributed by atoms with Crippen molar-refractivity contribution < 1.29 is 18.0 Å². The zero-order valence-electron chi connectivity index (χ0n) is 16.9. The fourth-order valence-electron chi connectivity index (χ4n) is 4.70. The molecule has 1 aliphatic carbocycles. The van der Waals surface area contributed by atoms with E-state index in [2.05, 4.69) is 15.4 Å². The Morgan fingerprint density at radius 1 is 1.20 bits per heavy atom. The predicted molar refractivity (Wildman–Crippen MR) is 105 cm³/mol. The Hall–Kier alpha value is -2.16. The van der Waals surface area contributed by atoms with Gasteiger partial charge in [0, 0.05) is 18.9 Å². The van der Waals surface area contributed by atoms with Crippen molar-refractivity contribution in [3.63, 3.8) is 0 Å². The number of nitrogens with one attached hydrogen (secondary N) is 1. The summed E-state index contributed by atoms with van der Waals surface area (Å²) in [6.45, 7) is -0.352. The van der Waals surface area contributed by atoms with E-state index in [-0.39, 0.29) is 31.3 Å². The first-order valence-corrected chi connectivity index (χ1v) is 10.8. The first-order chi connectivity index (χ1) is 14.3. The number of hydrogen-bond acceptors (Lipinski definition) is 4. The fourth-order valence-corrected chi connectivity index (χ4v) is 4.70. The molecule has 0 spiro atoms. The molecule has 4 rings (SSSR count). The third kappa shape index (κ3) is 4.61. The van der Waals surface area contributed by atoms with E-state index in [1.54, 1.807) is 16.6 Å². The van der Waals surface area contributed by atoms with E-state index in [9.17, 15) is 18.0 Å². The predicted octanol–water partition coefficient (Wildman–Crippen LogP) is 3.56. The third-order valence-corrected chi connectivity index (χ3v) is 6.52. The van der Waals surface area contributed by atoms with E-state index in [0.29, 0.717) is 17.3 Å². The largest absolute Gasteiger partial charge is 0.393 e. The monoisotopic (exact) mass is 423 g/mol. The molecule has 1 aliphatic heterocycles. The molecule has 3 N–H and O–H groups in total. The summed E-state index contributed by atoms with van der Waals surface area (Å²) < 4.78 is 40.8. The molecule has 9 heteroatoms. The molecule has 6 nitrogen and oxygen atoms in total. The summed E-state index contributed by atoms with van der Waals surface area (Å²) >= 11 is 0. The van der Waals surface area contributed by atoms with Crippen LogP contribution < -0.4 is 11.1 Å². The van der Waals surface area contributed by atoms with E-state index in [0.717, 1.165) is 18.5 Å². The second-order valence-corrected chi connectivity index (χ2v) is 8.69. The molecular formula is C21H28F3N5O. The van der Waals surface area contributed by atoms with Gasteiger partial charge in [-0.25, -0.2) is 9.50 Å². The lowest BCUT2D eigenvalue weighted by molar-refractivity contribution is -0.183. The molecule has 2 aromatic rings.